The molecule has 182 valence electrons. The molecule has 0 spiro atoms. The fraction of sp³-hybridized carbons (Fsp3) is 0.400. The van der Waals surface area contributed by atoms with Crippen LogP contribution in [0.25, 0.3) is 6.08 Å². The van der Waals surface area contributed by atoms with E-state index < -0.39 is 10.0 Å². The van der Waals surface area contributed by atoms with Crippen molar-refractivity contribution in [3.63, 3.8) is 0 Å². The second-order valence-corrected chi connectivity index (χ2v) is 10.2. The van der Waals surface area contributed by atoms with Crippen molar-refractivity contribution in [2.75, 3.05) is 56.2 Å². The number of sulfonamides is 1. The highest BCUT2D eigenvalue weighted by Gasteiger charge is 2.28. The third kappa shape index (κ3) is 5.78. The van der Waals surface area contributed by atoms with E-state index in [9.17, 15) is 13.2 Å². The summed E-state index contributed by atoms with van der Waals surface area (Å²) in [4.78, 5) is 15.1. The van der Waals surface area contributed by atoms with Crippen LogP contribution in [-0.2, 0) is 19.6 Å². The maximum absolute atomic E-state index is 13.2. The van der Waals surface area contributed by atoms with E-state index >= 15 is 0 Å². The Morgan fingerprint density at radius 2 is 1.76 bits per heavy atom. The Kier molecular flexibility index (Phi) is 7.87. The van der Waals surface area contributed by atoms with Crippen molar-refractivity contribution < 1.29 is 22.7 Å². The standard InChI is InChI=1S/C25H31N3O5S/c1-2-33-21-8-5-20(6-9-21)7-12-25(29)26-23-19-22(10-11-24(23)27-13-3-4-14-27)34(30,31)28-15-17-32-18-16-28/h5-12,19H,2-4,13-18H2,1H3,(H,26,29)/b12-7+. The molecule has 1 amide bonds. The number of carbonyl (C=O) groups excluding carboxylic acids is 1. The van der Waals surface area contributed by atoms with Crippen molar-refractivity contribution >= 4 is 33.4 Å². The van der Waals surface area contributed by atoms with Crippen molar-refractivity contribution in [3.8, 4) is 5.75 Å². The molecule has 0 saturated carbocycles. The molecule has 0 radical (unpaired) electrons. The van der Waals surface area contributed by atoms with Crippen molar-refractivity contribution in [3.05, 3.63) is 54.1 Å². The molecule has 4 rings (SSSR count). The molecule has 2 aromatic carbocycles. The molecular formula is C25H31N3O5S. The number of rotatable bonds is 8. The fourth-order valence-corrected chi connectivity index (χ4v) is 5.57. The third-order valence-corrected chi connectivity index (χ3v) is 7.79. The zero-order valence-corrected chi connectivity index (χ0v) is 20.2. The van der Waals surface area contributed by atoms with Crippen LogP contribution < -0.4 is 15.0 Å². The minimum absolute atomic E-state index is 0.170. The van der Waals surface area contributed by atoms with Gasteiger partial charge in [0, 0.05) is 32.3 Å². The number of morpholine rings is 1. The number of hydrogen-bond acceptors (Lipinski definition) is 6. The van der Waals surface area contributed by atoms with Gasteiger partial charge >= 0.3 is 0 Å². The maximum atomic E-state index is 13.2. The molecule has 34 heavy (non-hydrogen) atoms. The second kappa shape index (κ2) is 11.0. The summed E-state index contributed by atoms with van der Waals surface area (Å²) in [6.07, 6.45) is 5.30. The van der Waals surface area contributed by atoms with Gasteiger partial charge in [-0.2, -0.15) is 4.31 Å². The van der Waals surface area contributed by atoms with Gasteiger partial charge in [-0.05, 0) is 61.7 Å². The van der Waals surface area contributed by atoms with E-state index in [1.165, 1.54) is 10.4 Å². The van der Waals surface area contributed by atoms with E-state index in [0.29, 0.717) is 38.6 Å². The predicted molar refractivity (Wildman–Crippen MR) is 133 cm³/mol. The van der Waals surface area contributed by atoms with Gasteiger partial charge in [0.25, 0.3) is 0 Å². The number of nitrogens with one attached hydrogen (secondary N) is 1. The molecule has 2 aromatic rings. The highest BCUT2D eigenvalue weighted by atomic mass is 32.2. The van der Waals surface area contributed by atoms with Crippen molar-refractivity contribution in [2.24, 2.45) is 0 Å². The van der Waals surface area contributed by atoms with Crippen LogP contribution in [0, 0.1) is 0 Å². The molecule has 0 bridgehead atoms. The molecule has 0 atom stereocenters. The molecule has 2 saturated heterocycles. The Morgan fingerprint density at radius 3 is 2.44 bits per heavy atom. The zero-order valence-electron chi connectivity index (χ0n) is 19.4. The van der Waals surface area contributed by atoms with Crippen LogP contribution in [0.1, 0.15) is 25.3 Å². The number of ether oxygens (including phenoxy) is 2. The first-order chi connectivity index (χ1) is 16.5. The van der Waals surface area contributed by atoms with Gasteiger partial charge < -0.3 is 19.7 Å². The van der Waals surface area contributed by atoms with Crippen LogP contribution in [0.15, 0.2) is 53.4 Å². The van der Waals surface area contributed by atoms with Gasteiger partial charge in [0.2, 0.25) is 15.9 Å². The summed E-state index contributed by atoms with van der Waals surface area (Å²) >= 11 is 0. The predicted octanol–water partition coefficient (Wildman–Crippen LogP) is 3.36. The number of benzene rings is 2. The summed E-state index contributed by atoms with van der Waals surface area (Å²) in [5.74, 6) is 0.452. The Bertz CT molecular complexity index is 1120. The Hall–Kier alpha value is -2.88. The topological polar surface area (TPSA) is 88.2 Å². The highest BCUT2D eigenvalue weighted by Crippen LogP contribution is 2.32. The number of hydrogen-bond donors (Lipinski definition) is 1. The van der Waals surface area contributed by atoms with Gasteiger partial charge in [0.1, 0.15) is 5.75 Å². The first-order valence-electron chi connectivity index (χ1n) is 11.7. The lowest BCUT2D eigenvalue weighted by atomic mass is 10.2. The van der Waals surface area contributed by atoms with Crippen molar-refractivity contribution in [1.82, 2.24) is 4.31 Å². The SMILES string of the molecule is CCOc1ccc(/C=C/C(=O)Nc2cc(S(=O)(=O)N3CCOCC3)ccc2N2CCCC2)cc1. The van der Waals surface area contributed by atoms with Gasteiger partial charge in [-0.3, -0.25) is 4.79 Å². The van der Waals surface area contributed by atoms with E-state index in [1.807, 2.05) is 31.2 Å². The van der Waals surface area contributed by atoms with E-state index in [1.54, 1.807) is 24.3 Å². The van der Waals surface area contributed by atoms with E-state index in [4.69, 9.17) is 9.47 Å². The van der Waals surface area contributed by atoms with Crippen LogP contribution in [-0.4, -0.2) is 64.6 Å². The van der Waals surface area contributed by atoms with Gasteiger partial charge in [0.15, 0.2) is 0 Å². The molecule has 0 aliphatic carbocycles. The van der Waals surface area contributed by atoms with Gasteiger partial charge in [0.05, 0.1) is 36.1 Å². The van der Waals surface area contributed by atoms with Crippen molar-refractivity contribution in [1.29, 1.82) is 0 Å². The second-order valence-electron chi connectivity index (χ2n) is 8.21. The van der Waals surface area contributed by atoms with Gasteiger partial charge in [-0.15, -0.1) is 0 Å². The average Bonchev–Trinajstić information content (AvgIpc) is 3.39. The average molecular weight is 486 g/mol. The third-order valence-electron chi connectivity index (χ3n) is 5.90. The zero-order chi connectivity index (χ0) is 24.0. The highest BCUT2D eigenvalue weighted by molar-refractivity contribution is 7.89. The molecule has 2 aliphatic rings. The number of nitrogens with zero attached hydrogens (tertiary/aromatic N) is 2. The molecule has 0 aromatic heterocycles. The first-order valence-corrected chi connectivity index (χ1v) is 13.1. The number of anilines is 2. The Labute approximate surface area is 201 Å². The maximum Gasteiger partial charge on any atom is 0.248 e. The summed E-state index contributed by atoms with van der Waals surface area (Å²) in [6, 6.07) is 12.5. The quantitative estimate of drug-likeness (QED) is 0.577. The van der Waals surface area contributed by atoms with Crippen LogP contribution in [0.2, 0.25) is 0 Å². The molecule has 2 heterocycles. The number of amides is 1. The molecule has 2 fully saturated rings. The molecule has 0 unspecified atom stereocenters. The summed E-state index contributed by atoms with van der Waals surface area (Å²) in [7, 11) is -3.67. The Morgan fingerprint density at radius 1 is 1.06 bits per heavy atom. The van der Waals surface area contributed by atoms with Crippen LogP contribution >= 0.6 is 0 Å². The van der Waals surface area contributed by atoms with E-state index in [0.717, 1.165) is 42.9 Å². The van der Waals surface area contributed by atoms with Gasteiger partial charge in [-0.25, -0.2) is 8.42 Å². The largest absolute Gasteiger partial charge is 0.494 e. The normalized spacial score (nSPS) is 17.3. The van der Waals surface area contributed by atoms with Gasteiger partial charge in [-0.1, -0.05) is 12.1 Å². The summed E-state index contributed by atoms with van der Waals surface area (Å²) in [5.41, 5.74) is 2.20. The smallest absolute Gasteiger partial charge is 0.248 e. The lowest BCUT2D eigenvalue weighted by Crippen LogP contribution is -2.40. The minimum Gasteiger partial charge on any atom is -0.494 e. The number of carbonyl (C=O) groups is 1. The van der Waals surface area contributed by atoms with Crippen molar-refractivity contribution in [2.45, 2.75) is 24.7 Å². The molecule has 8 nitrogen and oxygen atoms in total. The molecule has 2 aliphatic heterocycles. The Balaban J connectivity index is 1.55. The first kappa shape index (κ1) is 24.3. The lowest BCUT2D eigenvalue weighted by Gasteiger charge is -2.27. The summed E-state index contributed by atoms with van der Waals surface area (Å²) in [5, 5.41) is 2.91. The van der Waals surface area contributed by atoms with Crippen LogP contribution in [0.4, 0.5) is 11.4 Å². The minimum atomic E-state index is -3.67. The molecule has 9 heteroatoms. The molecule has 1 N–H and O–H groups in total. The van der Waals surface area contributed by atoms with Crippen LogP contribution in [0.5, 0.6) is 5.75 Å². The lowest BCUT2D eigenvalue weighted by molar-refractivity contribution is -0.111. The van der Waals surface area contributed by atoms with E-state index in [-0.39, 0.29) is 10.8 Å². The summed E-state index contributed by atoms with van der Waals surface area (Å²) in [6.45, 7) is 5.68. The summed E-state index contributed by atoms with van der Waals surface area (Å²) < 4.78 is 38.5. The monoisotopic (exact) mass is 485 g/mol. The fourth-order valence-electron chi connectivity index (χ4n) is 4.13. The van der Waals surface area contributed by atoms with E-state index in [2.05, 4.69) is 10.2 Å². The molecular weight excluding hydrogens is 454 g/mol. The van der Waals surface area contributed by atoms with Crippen LogP contribution in [0.3, 0.4) is 0 Å².